The van der Waals surface area contributed by atoms with Crippen molar-refractivity contribution in [2.45, 2.75) is 63.3 Å². The van der Waals surface area contributed by atoms with Crippen LogP contribution in [0.15, 0.2) is 139 Å². The topological polar surface area (TPSA) is 261 Å². The summed E-state index contributed by atoms with van der Waals surface area (Å²) in [5.41, 5.74) is 13.7. The molecular weight excluding hydrogens is 1090 g/mol. The van der Waals surface area contributed by atoms with Crippen molar-refractivity contribution in [1.82, 2.24) is 16.0 Å². The number of aliphatic hydroxyl groups excluding tert-OH is 1. The van der Waals surface area contributed by atoms with Gasteiger partial charge in [0, 0.05) is 24.3 Å². The molecule has 0 fully saturated rings. The number of methoxy groups -OCH3 is 1. The summed E-state index contributed by atoms with van der Waals surface area (Å²) in [4.78, 5) is 44.9. The van der Waals surface area contributed by atoms with Crippen molar-refractivity contribution in [3.05, 3.63) is 177 Å². The normalized spacial score (nSPS) is 12.0. The summed E-state index contributed by atoms with van der Waals surface area (Å²) >= 11 is 0. The zero-order chi connectivity index (χ0) is 60.3. The Bertz CT molecular complexity index is 2600. The van der Waals surface area contributed by atoms with Gasteiger partial charge >= 0.3 is 0 Å². The Morgan fingerprint density at radius 2 is 1.01 bits per heavy atom. The van der Waals surface area contributed by atoms with Crippen LogP contribution in [0.4, 0.5) is 5.69 Å². The van der Waals surface area contributed by atoms with Crippen LogP contribution in [0.25, 0.3) is 10.4 Å². The van der Waals surface area contributed by atoms with Crippen molar-refractivity contribution < 1.29 is 66.9 Å². The third-order valence-corrected chi connectivity index (χ3v) is 13.3. The number of nitrogens with zero attached hydrogens (tertiary/aromatic N) is 3. The molecule has 5 aromatic rings. The number of ether oxygens (including phenoxy) is 10. The maximum Gasteiger partial charge on any atom is 0.247 e. The smallest absolute Gasteiger partial charge is 0.247 e. The van der Waals surface area contributed by atoms with Gasteiger partial charge in [-0.3, -0.25) is 19.7 Å². The largest absolute Gasteiger partial charge is 0.495 e. The highest BCUT2D eigenvalue weighted by Gasteiger charge is 2.36. The molecule has 0 aliphatic rings. The fourth-order valence-electron chi connectivity index (χ4n) is 8.94. The number of aliphatic hydroxyl groups is 1. The van der Waals surface area contributed by atoms with Crippen molar-refractivity contribution in [2.75, 3.05) is 144 Å². The first-order valence-corrected chi connectivity index (χ1v) is 29.1. The molecule has 0 radical (unpaired) electrons. The third kappa shape index (κ3) is 27.0. The third-order valence-electron chi connectivity index (χ3n) is 13.3. The second-order valence-electron chi connectivity index (χ2n) is 19.5. The van der Waals surface area contributed by atoms with Gasteiger partial charge in [0.05, 0.1) is 144 Å². The van der Waals surface area contributed by atoms with Crippen LogP contribution in [-0.2, 0) is 75.6 Å². The molecule has 0 aromatic heterocycles. The lowest BCUT2D eigenvalue weighted by molar-refractivity contribution is -0.131. The molecule has 21 heteroatoms. The second kappa shape index (κ2) is 42.9. The van der Waals surface area contributed by atoms with Crippen LogP contribution in [0.1, 0.15) is 59.1 Å². The number of unbranched alkanes of at least 4 members (excludes halogenated alkanes) is 1. The number of amides is 3. The van der Waals surface area contributed by atoms with Crippen molar-refractivity contribution >= 4 is 23.4 Å². The van der Waals surface area contributed by atoms with Gasteiger partial charge in [0.1, 0.15) is 17.8 Å². The van der Waals surface area contributed by atoms with Crippen molar-refractivity contribution in [2.24, 2.45) is 5.11 Å². The van der Waals surface area contributed by atoms with Gasteiger partial charge in [-0.1, -0.05) is 132 Å². The second-order valence-corrected chi connectivity index (χ2v) is 19.5. The van der Waals surface area contributed by atoms with E-state index < -0.39 is 29.4 Å². The molecule has 5 rings (SSSR count). The van der Waals surface area contributed by atoms with Gasteiger partial charge in [-0.2, -0.15) is 0 Å². The minimum absolute atomic E-state index is 0.00738. The predicted octanol–water partition coefficient (Wildman–Crippen LogP) is 7.25. The van der Waals surface area contributed by atoms with Crippen LogP contribution in [-0.4, -0.2) is 174 Å². The van der Waals surface area contributed by atoms with Crippen molar-refractivity contribution in [1.29, 1.82) is 0 Å². The average molecular weight is 1180 g/mol. The molecule has 5 N–H and O–H groups in total. The number of anilines is 1. The summed E-state index contributed by atoms with van der Waals surface area (Å²) in [6.07, 6.45) is 1.65. The van der Waals surface area contributed by atoms with Crippen LogP contribution in [0.5, 0.6) is 5.75 Å². The molecule has 0 aliphatic carbocycles. The van der Waals surface area contributed by atoms with E-state index in [-0.39, 0.29) is 45.0 Å². The zero-order valence-corrected chi connectivity index (χ0v) is 49.3. The molecular formula is C64H87N7O14. The maximum atomic E-state index is 14.4. The van der Waals surface area contributed by atoms with Gasteiger partial charge in [0.25, 0.3) is 0 Å². The Hall–Kier alpha value is -6.82. The van der Waals surface area contributed by atoms with Gasteiger partial charge in [-0.15, -0.1) is 0 Å². The standard InChI is InChI=1S/C64H87N7O14/c1-51-21-24-56(25-22-51)64(54-16-8-4-9-17-54,55-18-10-5-11-19-55)66-28-13-12-20-58(62(74)69-57-26-23-53(50-72)49-60(57)76-2)70-63(75)59(48-52-14-6-3-7-15-52)68-61(73)27-30-77-32-34-79-36-38-81-40-42-83-44-46-85-47-45-84-43-41-82-39-37-80-35-33-78-31-29-67-71-65/h3-11,14-19,21-26,49,58-59,66,72H,12-13,20,27-48,50H2,1-2H3,(H,68,73)(H,69,74)(H,70,75). The molecule has 0 saturated carbocycles. The molecule has 0 aliphatic heterocycles. The first-order chi connectivity index (χ1) is 41.8. The van der Waals surface area contributed by atoms with Crippen LogP contribution < -0.4 is 26.0 Å². The van der Waals surface area contributed by atoms with E-state index in [0.29, 0.717) is 149 Å². The Balaban J connectivity index is 1.02. The van der Waals surface area contributed by atoms with Crippen molar-refractivity contribution in [3.63, 3.8) is 0 Å². The minimum atomic E-state index is -1.01. The lowest BCUT2D eigenvalue weighted by Gasteiger charge is -2.37. The Labute approximate surface area is 500 Å². The first-order valence-electron chi connectivity index (χ1n) is 29.1. The predicted molar refractivity (Wildman–Crippen MR) is 323 cm³/mol. The summed E-state index contributed by atoms with van der Waals surface area (Å²) in [7, 11) is 1.48. The lowest BCUT2D eigenvalue weighted by Crippen LogP contribution is -2.53. The van der Waals surface area contributed by atoms with E-state index in [1.807, 2.05) is 66.7 Å². The van der Waals surface area contributed by atoms with Crippen LogP contribution in [0.3, 0.4) is 0 Å². The summed E-state index contributed by atoms with van der Waals surface area (Å²) in [6.45, 7) is 9.77. The Morgan fingerprint density at radius 1 is 0.541 bits per heavy atom. The van der Waals surface area contributed by atoms with E-state index in [4.69, 9.17) is 52.9 Å². The highest BCUT2D eigenvalue weighted by atomic mass is 16.6. The minimum Gasteiger partial charge on any atom is -0.495 e. The van der Waals surface area contributed by atoms with E-state index in [0.717, 1.165) is 27.8 Å². The maximum absolute atomic E-state index is 14.4. The van der Waals surface area contributed by atoms with E-state index in [9.17, 15) is 19.5 Å². The molecule has 5 aromatic carbocycles. The molecule has 2 unspecified atom stereocenters. The number of hydrogen-bond acceptors (Lipinski definition) is 16. The lowest BCUT2D eigenvalue weighted by atomic mass is 9.76. The SMILES string of the molecule is COc1cc(CO)ccc1NC(=O)C(CCCCNC(c1ccccc1)(c1ccccc1)c1ccc(C)cc1)NC(=O)C(Cc1ccccc1)NC(=O)CCOCCOCCOCCOCCOCCOCCOCCOCCOCCN=[N+]=[N-]. The van der Waals surface area contributed by atoms with Gasteiger partial charge < -0.3 is 68.4 Å². The van der Waals surface area contributed by atoms with Crippen LogP contribution in [0.2, 0.25) is 0 Å². The van der Waals surface area contributed by atoms with E-state index in [1.165, 1.54) is 7.11 Å². The molecule has 0 spiro atoms. The quantitative estimate of drug-likeness (QED) is 0.00845. The molecule has 0 saturated heterocycles. The molecule has 462 valence electrons. The molecule has 2 atom stereocenters. The Morgan fingerprint density at radius 3 is 1.49 bits per heavy atom. The fourth-order valence-corrected chi connectivity index (χ4v) is 8.94. The van der Waals surface area contributed by atoms with Crippen LogP contribution >= 0.6 is 0 Å². The van der Waals surface area contributed by atoms with Gasteiger partial charge in [-0.05, 0) is 78.2 Å². The summed E-state index contributed by atoms with van der Waals surface area (Å²) in [6, 6.07) is 41.6. The fraction of sp³-hybridized carbons (Fsp3) is 0.484. The number of rotatable bonds is 48. The molecule has 0 heterocycles. The molecule has 3 amide bonds. The van der Waals surface area contributed by atoms with Gasteiger partial charge in [-0.25, -0.2) is 0 Å². The number of carbonyl (C=O) groups excluding carboxylic acids is 3. The highest BCUT2D eigenvalue weighted by molar-refractivity contribution is 5.99. The zero-order valence-electron chi connectivity index (χ0n) is 49.3. The van der Waals surface area contributed by atoms with Crippen LogP contribution in [0, 0.1) is 6.92 Å². The average Bonchev–Trinajstić information content (AvgIpc) is 3.68. The van der Waals surface area contributed by atoms with Gasteiger partial charge in [0.2, 0.25) is 17.7 Å². The summed E-state index contributed by atoms with van der Waals surface area (Å²) < 4.78 is 55.2. The number of carbonyl (C=O) groups is 3. The van der Waals surface area contributed by atoms with Gasteiger partial charge in [0.15, 0.2) is 0 Å². The number of azide groups is 1. The number of hydrogen-bond donors (Lipinski definition) is 5. The van der Waals surface area contributed by atoms with E-state index in [2.05, 4.69) is 86.7 Å². The number of nitrogens with one attached hydrogen (secondary N) is 4. The van der Waals surface area contributed by atoms with E-state index >= 15 is 0 Å². The summed E-state index contributed by atoms with van der Waals surface area (Å²) in [5, 5.41) is 25.9. The molecule has 85 heavy (non-hydrogen) atoms. The van der Waals surface area contributed by atoms with Crippen molar-refractivity contribution in [3.8, 4) is 5.75 Å². The monoisotopic (exact) mass is 1180 g/mol. The highest BCUT2D eigenvalue weighted by Crippen LogP contribution is 2.37. The Kier molecular flexibility index (Phi) is 34.8. The number of aryl methyl sites for hydroxylation is 1. The molecule has 21 nitrogen and oxygen atoms in total. The first kappa shape index (κ1) is 69.0. The number of benzene rings is 5. The van der Waals surface area contributed by atoms with E-state index in [1.54, 1.807) is 18.2 Å². The molecule has 0 bridgehead atoms. The summed E-state index contributed by atoms with van der Waals surface area (Å²) in [5.74, 6) is -1.01.